The average molecular weight is 1080 g/mol. The smallest absolute Gasteiger partial charge is 0.306 e. The molecule has 0 aromatic carbocycles. The molecular formula is C72H120O6. The summed E-state index contributed by atoms with van der Waals surface area (Å²) < 4.78 is 16.9. The lowest BCUT2D eigenvalue weighted by Crippen LogP contribution is -2.30. The minimum Gasteiger partial charge on any atom is -0.462 e. The van der Waals surface area contributed by atoms with Crippen molar-refractivity contribution in [2.45, 2.75) is 303 Å². The minimum absolute atomic E-state index is 0.0892. The van der Waals surface area contributed by atoms with E-state index in [2.05, 4.69) is 142 Å². The predicted octanol–water partition coefficient (Wildman–Crippen LogP) is 22.4. The quantitative estimate of drug-likeness (QED) is 0.0261. The second-order valence-electron chi connectivity index (χ2n) is 21.3. The van der Waals surface area contributed by atoms with Crippen LogP contribution < -0.4 is 0 Å². The zero-order valence-corrected chi connectivity index (χ0v) is 50.9. The van der Waals surface area contributed by atoms with Gasteiger partial charge in [-0.25, -0.2) is 0 Å². The Balaban J connectivity index is 4.39. The van der Waals surface area contributed by atoms with Crippen molar-refractivity contribution in [2.24, 2.45) is 0 Å². The van der Waals surface area contributed by atoms with Crippen LogP contribution >= 0.6 is 0 Å². The molecule has 0 saturated heterocycles. The van der Waals surface area contributed by atoms with Gasteiger partial charge in [0.2, 0.25) is 0 Å². The maximum Gasteiger partial charge on any atom is 0.306 e. The number of hydrogen-bond acceptors (Lipinski definition) is 6. The summed E-state index contributed by atoms with van der Waals surface area (Å²) in [6.07, 6.45) is 90.5. The summed E-state index contributed by atoms with van der Waals surface area (Å²) in [7, 11) is 0. The molecule has 6 heteroatoms. The maximum absolute atomic E-state index is 12.9. The third-order valence-corrected chi connectivity index (χ3v) is 13.7. The normalized spacial score (nSPS) is 12.9. The van der Waals surface area contributed by atoms with Gasteiger partial charge in [-0.3, -0.25) is 14.4 Å². The molecule has 0 aliphatic carbocycles. The minimum atomic E-state index is -0.795. The van der Waals surface area contributed by atoms with Crippen molar-refractivity contribution < 1.29 is 28.6 Å². The van der Waals surface area contributed by atoms with Crippen molar-refractivity contribution in [1.82, 2.24) is 0 Å². The number of carbonyl (C=O) groups is 3. The highest BCUT2D eigenvalue weighted by molar-refractivity contribution is 5.71. The van der Waals surface area contributed by atoms with Gasteiger partial charge < -0.3 is 14.2 Å². The average Bonchev–Trinajstić information content (AvgIpc) is 3.44. The molecule has 0 aliphatic rings. The van der Waals surface area contributed by atoms with Gasteiger partial charge in [0, 0.05) is 19.3 Å². The van der Waals surface area contributed by atoms with Crippen LogP contribution in [0.4, 0.5) is 0 Å². The first kappa shape index (κ1) is 73.8. The number of ether oxygens (including phenoxy) is 3. The molecule has 0 aromatic heterocycles. The van der Waals surface area contributed by atoms with Crippen LogP contribution in [-0.2, 0) is 28.6 Å². The van der Waals surface area contributed by atoms with Crippen molar-refractivity contribution in [1.29, 1.82) is 0 Å². The molecule has 0 spiro atoms. The molecule has 0 aromatic rings. The first-order valence-electron chi connectivity index (χ1n) is 32.5. The van der Waals surface area contributed by atoms with Crippen LogP contribution in [0, 0.1) is 0 Å². The summed E-state index contributed by atoms with van der Waals surface area (Å²) in [5, 5.41) is 0. The number of carbonyl (C=O) groups excluding carboxylic acids is 3. The molecule has 0 aliphatic heterocycles. The lowest BCUT2D eigenvalue weighted by Gasteiger charge is -2.18. The van der Waals surface area contributed by atoms with Gasteiger partial charge in [0.05, 0.1) is 0 Å². The van der Waals surface area contributed by atoms with E-state index in [-0.39, 0.29) is 31.1 Å². The van der Waals surface area contributed by atoms with Crippen LogP contribution in [0.3, 0.4) is 0 Å². The fourth-order valence-electron chi connectivity index (χ4n) is 8.84. The van der Waals surface area contributed by atoms with Gasteiger partial charge in [-0.15, -0.1) is 0 Å². The molecule has 0 heterocycles. The molecule has 0 rings (SSSR count). The van der Waals surface area contributed by atoms with Gasteiger partial charge >= 0.3 is 17.9 Å². The van der Waals surface area contributed by atoms with Crippen molar-refractivity contribution in [2.75, 3.05) is 13.2 Å². The van der Waals surface area contributed by atoms with Gasteiger partial charge in [0.15, 0.2) is 6.10 Å². The molecule has 1 atom stereocenters. The zero-order valence-electron chi connectivity index (χ0n) is 50.9. The van der Waals surface area contributed by atoms with E-state index in [1.807, 2.05) is 0 Å². The predicted molar refractivity (Wildman–Crippen MR) is 339 cm³/mol. The topological polar surface area (TPSA) is 78.9 Å². The number of hydrogen-bond donors (Lipinski definition) is 0. The summed E-state index contributed by atoms with van der Waals surface area (Å²) in [6.45, 7) is 6.50. The van der Waals surface area contributed by atoms with Gasteiger partial charge in [-0.05, 0) is 116 Å². The first-order chi connectivity index (χ1) is 38.5. The third-order valence-electron chi connectivity index (χ3n) is 13.7. The number of esters is 3. The van der Waals surface area contributed by atoms with Gasteiger partial charge in [0.1, 0.15) is 13.2 Å². The SMILES string of the molecule is CC/C=C\C/C=C\C/C=C\C/C=C\C/C=C\C/C=C\C/C=C\C/C=C\CCCCCCC(=O)OCC(COC(=O)CCCCCCCCCCCCCCC)OC(=O)CCCCCCCCC/C=C\C/C=C\CCCCCC. The Morgan fingerprint density at radius 2 is 0.500 bits per heavy atom. The molecule has 444 valence electrons. The summed E-state index contributed by atoms with van der Waals surface area (Å²) in [5.74, 6) is -0.917. The van der Waals surface area contributed by atoms with E-state index in [1.165, 1.54) is 122 Å². The van der Waals surface area contributed by atoms with Crippen molar-refractivity contribution in [3.8, 4) is 0 Å². The second-order valence-corrected chi connectivity index (χ2v) is 21.3. The van der Waals surface area contributed by atoms with E-state index in [9.17, 15) is 14.4 Å². The molecule has 0 fully saturated rings. The standard InChI is InChI=1S/C72H120O6/c1-4-7-10-13-16-19-22-25-27-29-31-32-33-34-35-36-37-38-39-40-41-43-44-47-50-53-56-59-62-65-71(74)77-68-69(67-76-70(73)64-61-58-55-52-49-46-24-21-18-15-12-9-6-3)78-72(75)66-63-60-57-54-51-48-45-42-30-28-26-23-20-17-14-11-8-5-2/h7,10,16,19-20,23,25,27-28,30-32,34-35,37-38,40-41,44,47,69H,4-6,8-9,11-15,17-18,21-22,24,26,29,33,36,39,42-43,45-46,48-68H2,1-3H3/b10-7-,19-16-,23-20-,27-25-,30-28-,32-31-,35-34-,38-37-,41-40-,47-44-. The summed E-state index contributed by atoms with van der Waals surface area (Å²) in [6, 6.07) is 0. The van der Waals surface area contributed by atoms with Crippen LogP contribution in [0.15, 0.2) is 122 Å². The highest BCUT2D eigenvalue weighted by Crippen LogP contribution is 2.15. The Bertz CT molecular complexity index is 1620. The van der Waals surface area contributed by atoms with Gasteiger partial charge in [-0.1, -0.05) is 284 Å². The lowest BCUT2D eigenvalue weighted by atomic mass is 10.0. The van der Waals surface area contributed by atoms with E-state index in [1.54, 1.807) is 0 Å². The van der Waals surface area contributed by atoms with Gasteiger partial charge in [-0.2, -0.15) is 0 Å². The monoisotopic (exact) mass is 1080 g/mol. The van der Waals surface area contributed by atoms with E-state index in [4.69, 9.17) is 14.2 Å². The highest BCUT2D eigenvalue weighted by atomic mass is 16.6. The van der Waals surface area contributed by atoms with Crippen LogP contribution in [0.5, 0.6) is 0 Å². The molecule has 78 heavy (non-hydrogen) atoms. The fraction of sp³-hybridized carbons (Fsp3) is 0.681. The largest absolute Gasteiger partial charge is 0.462 e. The van der Waals surface area contributed by atoms with Crippen LogP contribution in [0.1, 0.15) is 297 Å². The van der Waals surface area contributed by atoms with Crippen LogP contribution in [0.25, 0.3) is 0 Å². The Morgan fingerprint density at radius 3 is 0.795 bits per heavy atom. The Hall–Kier alpha value is -4.19. The molecule has 0 saturated carbocycles. The number of allylic oxidation sites excluding steroid dienone is 20. The molecular weight excluding hydrogens is 961 g/mol. The maximum atomic E-state index is 12.9. The molecule has 1 unspecified atom stereocenters. The summed E-state index contributed by atoms with van der Waals surface area (Å²) in [4.78, 5) is 38.3. The lowest BCUT2D eigenvalue weighted by molar-refractivity contribution is -0.167. The second kappa shape index (κ2) is 65.3. The molecule has 0 radical (unpaired) electrons. The summed E-state index contributed by atoms with van der Waals surface area (Å²) in [5.41, 5.74) is 0. The van der Waals surface area contributed by atoms with Crippen molar-refractivity contribution >= 4 is 17.9 Å². The van der Waals surface area contributed by atoms with Crippen LogP contribution in [0.2, 0.25) is 0 Å². The van der Waals surface area contributed by atoms with E-state index >= 15 is 0 Å². The first-order valence-corrected chi connectivity index (χ1v) is 32.5. The Morgan fingerprint density at radius 1 is 0.269 bits per heavy atom. The highest BCUT2D eigenvalue weighted by Gasteiger charge is 2.19. The Labute approximate surface area is 482 Å². The summed E-state index contributed by atoms with van der Waals surface area (Å²) >= 11 is 0. The number of unbranched alkanes of at least 4 members (excludes halogenated alkanes) is 27. The van der Waals surface area contributed by atoms with E-state index in [0.717, 1.165) is 135 Å². The van der Waals surface area contributed by atoms with Crippen molar-refractivity contribution in [3.05, 3.63) is 122 Å². The van der Waals surface area contributed by atoms with Crippen LogP contribution in [-0.4, -0.2) is 37.2 Å². The molecule has 0 N–H and O–H groups in total. The third kappa shape index (κ3) is 62.7. The van der Waals surface area contributed by atoms with Gasteiger partial charge in [0.25, 0.3) is 0 Å². The number of rotatable bonds is 58. The molecule has 0 bridgehead atoms. The van der Waals surface area contributed by atoms with E-state index in [0.29, 0.717) is 19.3 Å². The fourth-order valence-corrected chi connectivity index (χ4v) is 8.84. The Kier molecular flexibility index (Phi) is 61.8. The van der Waals surface area contributed by atoms with E-state index < -0.39 is 6.10 Å². The molecule has 6 nitrogen and oxygen atoms in total. The molecule has 0 amide bonds. The zero-order chi connectivity index (χ0) is 56.4. The van der Waals surface area contributed by atoms with Crippen molar-refractivity contribution in [3.63, 3.8) is 0 Å².